The van der Waals surface area contributed by atoms with Crippen LogP contribution in [0.2, 0.25) is 0 Å². The molecule has 56 heavy (non-hydrogen) atoms. The van der Waals surface area contributed by atoms with E-state index in [4.69, 9.17) is 10.3 Å². The fraction of sp³-hybridized carbons (Fsp3) is 0.0714. The third-order valence-electron chi connectivity index (χ3n) is 7.51. The SMILES string of the molecule is Nc1c(S(=O)(=O)O)cc(S(=O)(=O)O)c2ccc(N=Nc3ccc4c(O)c(N=Nc5ccc(S(=O)(=O)CCOS(=O)(=O)O)cc5O)c(S(=O)(=O)O)cc4c3)c(O)c12. The number of nitrogens with zero attached hydrogens (tertiary/aromatic N) is 4. The molecule has 0 bridgehead atoms. The quantitative estimate of drug-likeness (QED) is 0.0501. The van der Waals surface area contributed by atoms with Crippen LogP contribution in [-0.4, -0.2) is 88.0 Å². The first kappa shape index (κ1) is 41.7. The van der Waals surface area contributed by atoms with Gasteiger partial charge in [0.1, 0.15) is 37.5 Å². The predicted molar refractivity (Wildman–Crippen MR) is 191 cm³/mol. The lowest BCUT2D eigenvalue weighted by atomic mass is 10.1. The molecule has 0 saturated heterocycles. The molecule has 0 aliphatic heterocycles. The summed E-state index contributed by atoms with van der Waals surface area (Å²) in [6.07, 6.45) is 0. The van der Waals surface area contributed by atoms with Gasteiger partial charge in [-0.25, -0.2) is 12.6 Å². The van der Waals surface area contributed by atoms with Crippen LogP contribution < -0.4 is 5.73 Å². The van der Waals surface area contributed by atoms with Crippen LogP contribution in [0.3, 0.4) is 0 Å². The minimum absolute atomic E-state index is 0.102. The van der Waals surface area contributed by atoms with E-state index < -0.39 is 133 Å². The van der Waals surface area contributed by atoms with Gasteiger partial charge < -0.3 is 21.1 Å². The van der Waals surface area contributed by atoms with Gasteiger partial charge in [0.05, 0.1) is 34.0 Å². The lowest BCUT2D eigenvalue weighted by molar-refractivity contribution is 0.284. The maximum atomic E-state index is 12.4. The van der Waals surface area contributed by atoms with Crippen molar-refractivity contribution >= 4 is 101 Å². The molecule has 23 nitrogen and oxygen atoms in total. The summed E-state index contributed by atoms with van der Waals surface area (Å²) in [5, 5.41) is 45.9. The molecule has 0 aromatic heterocycles. The second-order valence-electron chi connectivity index (χ2n) is 11.2. The molecule has 5 aromatic rings. The van der Waals surface area contributed by atoms with E-state index in [0.29, 0.717) is 12.1 Å². The smallest absolute Gasteiger partial charge is 0.397 e. The molecular formula is C28H23N5O18S5. The van der Waals surface area contributed by atoms with E-state index in [1.165, 1.54) is 12.1 Å². The molecule has 0 radical (unpaired) electrons. The highest BCUT2D eigenvalue weighted by Gasteiger charge is 2.27. The van der Waals surface area contributed by atoms with Crippen molar-refractivity contribution in [2.24, 2.45) is 20.5 Å². The Balaban J connectivity index is 1.52. The van der Waals surface area contributed by atoms with Crippen molar-refractivity contribution in [1.29, 1.82) is 0 Å². The largest absolute Gasteiger partial charge is 0.506 e. The van der Waals surface area contributed by atoms with E-state index >= 15 is 0 Å². The Hall–Kier alpha value is -5.43. The molecule has 0 heterocycles. The number of azo groups is 2. The topological polar surface area (TPSA) is 397 Å². The number of aromatic hydroxyl groups is 3. The van der Waals surface area contributed by atoms with Crippen LogP contribution >= 0.6 is 0 Å². The molecule has 0 unspecified atom stereocenters. The molecule has 5 rings (SSSR count). The van der Waals surface area contributed by atoms with Crippen LogP contribution in [0.15, 0.2) is 101 Å². The Morgan fingerprint density at radius 1 is 0.589 bits per heavy atom. The van der Waals surface area contributed by atoms with Crippen molar-refractivity contribution in [2.75, 3.05) is 18.1 Å². The average Bonchev–Trinajstić information content (AvgIpc) is 3.05. The number of phenols is 3. The van der Waals surface area contributed by atoms with Crippen molar-refractivity contribution in [2.45, 2.75) is 19.6 Å². The van der Waals surface area contributed by atoms with Gasteiger partial charge in [0.15, 0.2) is 21.3 Å². The Kier molecular flexibility index (Phi) is 10.9. The number of nitrogen functional groups attached to an aromatic ring is 1. The number of hydrogen-bond acceptors (Lipinski definition) is 19. The maximum Gasteiger partial charge on any atom is 0.397 e. The fourth-order valence-corrected chi connectivity index (χ4v) is 8.62. The van der Waals surface area contributed by atoms with Crippen LogP contribution in [0.4, 0.5) is 28.4 Å². The number of sulfone groups is 1. The third-order valence-corrected chi connectivity index (χ3v) is 12.3. The molecule has 0 spiro atoms. The van der Waals surface area contributed by atoms with E-state index in [1.807, 2.05) is 0 Å². The van der Waals surface area contributed by atoms with Gasteiger partial charge in [-0.05, 0) is 53.9 Å². The summed E-state index contributed by atoms with van der Waals surface area (Å²) in [7, 11) is -24.7. The number of fused-ring (bicyclic) bond motifs is 2. The van der Waals surface area contributed by atoms with E-state index in [-0.39, 0.29) is 16.5 Å². The van der Waals surface area contributed by atoms with E-state index in [9.17, 15) is 71.1 Å². The second-order valence-corrected chi connectivity index (χ2v) is 18.5. The molecule has 0 aliphatic carbocycles. The molecule has 0 aliphatic rings. The number of anilines is 1. The van der Waals surface area contributed by atoms with E-state index in [1.54, 1.807) is 0 Å². The molecule has 9 N–H and O–H groups in total. The molecule has 0 fully saturated rings. The Bertz CT molecular complexity index is 3120. The Labute approximate surface area is 315 Å². The van der Waals surface area contributed by atoms with Crippen LogP contribution in [0.5, 0.6) is 17.2 Å². The minimum Gasteiger partial charge on any atom is -0.506 e. The molecular weight excluding hydrogens is 855 g/mol. The molecule has 298 valence electrons. The third kappa shape index (κ3) is 8.83. The minimum atomic E-state index is -5.18. The molecule has 0 saturated carbocycles. The highest BCUT2D eigenvalue weighted by atomic mass is 32.3. The zero-order chi connectivity index (χ0) is 41.8. The van der Waals surface area contributed by atoms with Crippen LogP contribution in [-0.2, 0) is 54.8 Å². The number of rotatable bonds is 12. The zero-order valence-corrected chi connectivity index (χ0v) is 31.3. The number of phenolic OH excluding ortho intramolecular Hbond substituents is 3. The predicted octanol–water partition coefficient (Wildman–Crippen LogP) is 3.86. The normalized spacial score (nSPS) is 13.4. The summed E-state index contributed by atoms with van der Waals surface area (Å²) in [5.74, 6) is -3.56. The molecule has 5 aromatic carbocycles. The first-order valence-electron chi connectivity index (χ1n) is 14.5. The highest BCUT2D eigenvalue weighted by molar-refractivity contribution is 7.91. The fourth-order valence-electron chi connectivity index (χ4n) is 5.02. The van der Waals surface area contributed by atoms with Crippen LogP contribution in [0.1, 0.15) is 0 Å². The standard InChI is InChI=1S/C28H23N5O18S5/c29-25-22(54(42,43)44)12-21(53(39,40)41)17-4-6-19(28(36)24(17)25)32-30-14-1-3-16-13(9-14)10-23(55(45,46)47)26(27(16)35)33-31-18-5-2-15(11-20(18)34)52(37,38)8-7-51-56(48,49)50/h1-6,9-12,34-36H,7-8,29H2,(H,39,40,41)(H,42,43,44)(H,45,46,47)(H,48,49,50). The van der Waals surface area contributed by atoms with E-state index in [2.05, 4.69) is 24.6 Å². The van der Waals surface area contributed by atoms with Crippen molar-refractivity contribution in [1.82, 2.24) is 0 Å². The summed E-state index contributed by atoms with van der Waals surface area (Å²) < 4.78 is 160. The molecule has 0 atom stereocenters. The first-order chi connectivity index (χ1) is 25.7. The van der Waals surface area contributed by atoms with Crippen molar-refractivity contribution < 1.29 is 79.8 Å². The highest BCUT2D eigenvalue weighted by Crippen LogP contribution is 2.45. The number of nitrogens with two attached hydrogens (primary N) is 1. The summed E-state index contributed by atoms with van der Waals surface area (Å²) in [6, 6.07) is 9.28. The van der Waals surface area contributed by atoms with Gasteiger partial charge in [0.2, 0.25) is 0 Å². The first-order valence-corrected chi connectivity index (χ1v) is 21.8. The van der Waals surface area contributed by atoms with Crippen molar-refractivity contribution in [3.05, 3.63) is 60.7 Å². The van der Waals surface area contributed by atoms with Gasteiger partial charge in [-0.1, -0.05) is 6.07 Å². The Morgan fingerprint density at radius 3 is 1.77 bits per heavy atom. The van der Waals surface area contributed by atoms with Gasteiger partial charge in [0, 0.05) is 16.8 Å². The monoisotopic (exact) mass is 877 g/mol. The average molecular weight is 878 g/mol. The lowest BCUT2D eigenvalue weighted by Crippen LogP contribution is -2.15. The maximum absolute atomic E-state index is 12.4. The summed E-state index contributed by atoms with van der Waals surface area (Å²) >= 11 is 0. The van der Waals surface area contributed by atoms with Gasteiger partial charge in [-0.15, -0.1) is 15.3 Å². The summed E-state index contributed by atoms with van der Waals surface area (Å²) in [4.78, 5) is -3.73. The summed E-state index contributed by atoms with van der Waals surface area (Å²) in [6.45, 7) is -0.956. The second kappa shape index (κ2) is 14.6. The van der Waals surface area contributed by atoms with Gasteiger partial charge in [-0.2, -0.15) is 38.8 Å². The number of benzene rings is 5. The van der Waals surface area contributed by atoms with Gasteiger partial charge >= 0.3 is 10.4 Å². The summed E-state index contributed by atoms with van der Waals surface area (Å²) in [5.41, 5.74) is 3.17. The molecule has 0 amide bonds. The zero-order valence-electron chi connectivity index (χ0n) is 27.2. The van der Waals surface area contributed by atoms with Gasteiger partial charge in [-0.3, -0.25) is 18.2 Å². The number of hydrogen-bond donors (Lipinski definition) is 8. The van der Waals surface area contributed by atoms with Crippen LogP contribution in [0, 0.1) is 0 Å². The van der Waals surface area contributed by atoms with E-state index in [0.717, 1.165) is 36.4 Å². The molecule has 28 heteroatoms. The van der Waals surface area contributed by atoms with Crippen molar-refractivity contribution in [3.8, 4) is 17.2 Å². The van der Waals surface area contributed by atoms with Gasteiger partial charge in [0.25, 0.3) is 30.4 Å². The van der Waals surface area contributed by atoms with Crippen LogP contribution in [0.25, 0.3) is 21.5 Å². The van der Waals surface area contributed by atoms with Crippen molar-refractivity contribution in [3.63, 3.8) is 0 Å². The lowest BCUT2D eigenvalue weighted by Gasteiger charge is -2.13. The Morgan fingerprint density at radius 2 is 1.18 bits per heavy atom.